The lowest BCUT2D eigenvalue weighted by molar-refractivity contribution is 0.906. The second-order valence-electron chi connectivity index (χ2n) is 4.51. The van der Waals surface area contributed by atoms with Gasteiger partial charge in [0.25, 0.3) is 0 Å². The summed E-state index contributed by atoms with van der Waals surface area (Å²) in [5.41, 5.74) is 3.06. The monoisotopic (exact) mass is 490 g/mol. The zero-order chi connectivity index (χ0) is 15.0. The minimum absolute atomic E-state index is 0.534. The van der Waals surface area contributed by atoms with E-state index in [1.807, 2.05) is 30.3 Å². The van der Waals surface area contributed by atoms with Crippen LogP contribution in [0.4, 0.5) is 0 Å². The van der Waals surface area contributed by atoms with Crippen molar-refractivity contribution in [3.8, 4) is 5.69 Å². The smallest absolute Gasteiger partial charge is 0.115 e. The predicted molar refractivity (Wildman–Crippen MR) is 98.6 cm³/mol. The molecule has 0 amide bonds. The first-order valence-corrected chi connectivity index (χ1v) is 9.20. The van der Waals surface area contributed by atoms with Gasteiger partial charge in [-0.05, 0) is 62.2 Å². The second kappa shape index (κ2) is 6.41. The van der Waals surface area contributed by atoms with Crippen molar-refractivity contribution < 1.29 is 0 Å². The predicted octanol–water partition coefficient (Wildman–Crippen LogP) is 6.09. The molecule has 1 aromatic heterocycles. The number of imidazole rings is 1. The first-order chi connectivity index (χ1) is 10.1. The van der Waals surface area contributed by atoms with Crippen molar-refractivity contribution in [1.82, 2.24) is 9.55 Å². The highest BCUT2D eigenvalue weighted by Gasteiger charge is 2.16. The molecule has 2 aromatic carbocycles. The summed E-state index contributed by atoms with van der Waals surface area (Å²) < 4.78 is 5.19. The molecule has 0 aliphatic rings. The minimum atomic E-state index is 0.534. The van der Waals surface area contributed by atoms with Crippen LogP contribution in [0.5, 0.6) is 0 Å². The van der Waals surface area contributed by atoms with E-state index in [0.29, 0.717) is 12.3 Å². The molecular formula is C15H10Br3ClN2. The molecule has 0 radical (unpaired) electrons. The van der Waals surface area contributed by atoms with E-state index >= 15 is 0 Å². The molecule has 3 aromatic rings. The zero-order valence-corrected chi connectivity index (χ0v) is 16.3. The van der Waals surface area contributed by atoms with Crippen molar-refractivity contribution in [3.63, 3.8) is 0 Å². The lowest BCUT2D eigenvalue weighted by Crippen LogP contribution is -2.03. The lowest BCUT2D eigenvalue weighted by atomic mass is 10.2. The van der Waals surface area contributed by atoms with E-state index in [0.717, 1.165) is 36.0 Å². The Labute approximate surface area is 152 Å². The van der Waals surface area contributed by atoms with Gasteiger partial charge in [-0.3, -0.25) is 4.57 Å². The molecule has 0 unspecified atom stereocenters. The quantitative estimate of drug-likeness (QED) is 0.404. The molecule has 0 saturated heterocycles. The molecule has 0 atom stereocenters. The number of aromatic nitrogens is 2. The van der Waals surface area contributed by atoms with Gasteiger partial charge in [-0.2, -0.15) is 0 Å². The molecule has 2 nitrogen and oxygen atoms in total. The topological polar surface area (TPSA) is 17.8 Å². The van der Waals surface area contributed by atoms with Crippen LogP contribution in [0.15, 0.2) is 49.8 Å². The fourth-order valence-electron chi connectivity index (χ4n) is 2.31. The first-order valence-electron chi connectivity index (χ1n) is 6.29. The average molecular weight is 493 g/mol. The summed E-state index contributed by atoms with van der Waals surface area (Å²) in [5, 5.41) is 0. The molecule has 108 valence electrons. The molecule has 1 heterocycles. The summed E-state index contributed by atoms with van der Waals surface area (Å²) >= 11 is 16.7. The number of halogens is 4. The van der Waals surface area contributed by atoms with E-state index in [-0.39, 0.29) is 0 Å². The zero-order valence-electron chi connectivity index (χ0n) is 10.8. The maximum absolute atomic E-state index is 5.95. The van der Waals surface area contributed by atoms with Gasteiger partial charge in [0.15, 0.2) is 0 Å². The van der Waals surface area contributed by atoms with Crippen LogP contribution in [-0.4, -0.2) is 15.4 Å². The third-order valence-corrected chi connectivity index (χ3v) is 5.13. The molecule has 3 rings (SSSR count). The van der Waals surface area contributed by atoms with Crippen molar-refractivity contribution in [3.05, 3.63) is 55.6 Å². The van der Waals surface area contributed by atoms with Crippen molar-refractivity contribution in [2.75, 3.05) is 5.88 Å². The molecule has 0 N–H and O–H groups in total. The number of hydrogen-bond acceptors (Lipinski definition) is 1. The van der Waals surface area contributed by atoms with Gasteiger partial charge in [0.05, 0.1) is 16.7 Å². The number of benzene rings is 2. The number of para-hydroxylation sites is 1. The molecule has 6 heteroatoms. The summed E-state index contributed by atoms with van der Waals surface area (Å²) in [6, 6.07) is 12.2. The molecule has 0 aliphatic carbocycles. The number of aryl methyl sites for hydroxylation is 1. The summed E-state index contributed by atoms with van der Waals surface area (Å²) in [5.74, 6) is 1.48. The van der Waals surface area contributed by atoms with Crippen molar-refractivity contribution in [1.29, 1.82) is 0 Å². The fraction of sp³-hybridized carbons (Fsp3) is 0.133. The largest absolute Gasteiger partial charge is 0.294 e. The number of hydrogen-bond donors (Lipinski definition) is 0. The standard InChI is InChI=1S/C15H10Br3ClN2/c16-9-4-5-13-12(8-9)20-14(6-7-19)21(13)15-10(17)2-1-3-11(15)18/h1-5,8H,6-7H2. The van der Waals surface area contributed by atoms with Gasteiger partial charge < -0.3 is 0 Å². The number of nitrogens with zero attached hydrogens (tertiary/aromatic N) is 2. The van der Waals surface area contributed by atoms with Gasteiger partial charge in [0.1, 0.15) is 5.82 Å². The Kier molecular flexibility index (Phi) is 4.74. The molecule has 0 spiro atoms. The van der Waals surface area contributed by atoms with Gasteiger partial charge >= 0.3 is 0 Å². The third-order valence-electron chi connectivity index (χ3n) is 3.17. The van der Waals surface area contributed by atoms with Gasteiger partial charge in [-0.15, -0.1) is 11.6 Å². The average Bonchev–Trinajstić information content (AvgIpc) is 2.77. The van der Waals surface area contributed by atoms with Gasteiger partial charge in [0.2, 0.25) is 0 Å². The van der Waals surface area contributed by atoms with E-state index in [2.05, 4.69) is 58.4 Å². The van der Waals surface area contributed by atoms with Gasteiger partial charge in [-0.25, -0.2) is 4.98 Å². The third kappa shape index (κ3) is 2.93. The van der Waals surface area contributed by atoms with Crippen molar-refractivity contribution >= 4 is 70.4 Å². The highest BCUT2D eigenvalue weighted by Crippen LogP contribution is 2.33. The van der Waals surface area contributed by atoms with E-state index in [1.165, 1.54) is 0 Å². The van der Waals surface area contributed by atoms with Crippen LogP contribution in [0.2, 0.25) is 0 Å². The molecule has 0 fully saturated rings. The molecular weight excluding hydrogens is 483 g/mol. The Bertz CT molecular complexity index is 794. The maximum Gasteiger partial charge on any atom is 0.115 e. The van der Waals surface area contributed by atoms with E-state index in [4.69, 9.17) is 16.6 Å². The molecule has 21 heavy (non-hydrogen) atoms. The summed E-state index contributed by atoms with van der Waals surface area (Å²) in [4.78, 5) is 4.73. The number of rotatable bonds is 3. The Morgan fingerprint density at radius 2 is 1.76 bits per heavy atom. The van der Waals surface area contributed by atoms with Crippen LogP contribution < -0.4 is 0 Å². The van der Waals surface area contributed by atoms with Crippen molar-refractivity contribution in [2.24, 2.45) is 0 Å². The van der Waals surface area contributed by atoms with Crippen LogP contribution in [0.25, 0.3) is 16.7 Å². The Hall–Kier alpha value is -0.360. The first kappa shape index (κ1) is 15.5. The Morgan fingerprint density at radius 1 is 1.05 bits per heavy atom. The molecule has 0 aliphatic heterocycles. The van der Waals surface area contributed by atoms with E-state index in [1.54, 1.807) is 0 Å². The van der Waals surface area contributed by atoms with Crippen LogP contribution in [0, 0.1) is 0 Å². The van der Waals surface area contributed by atoms with E-state index < -0.39 is 0 Å². The van der Waals surface area contributed by atoms with Crippen molar-refractivity contribution in [2.45, 2.75) is 6.42 Å². The fourth-order valence-corrected chi connectivity index (χ4v) is 4.18. The van der Waals surface area contributed by atoms with Crippen LogP contribution in [-0.2, 0) is 6.42 Å². The van der Waals surface area contributed by atoms with Gasteiger partial charge in [0, 0.05) is 25.7 Å². The summed E-state index contributed by atoms with van der Waals surface area (Å²) in [6.45, 7) is 0. The highest BCUT2D eigenvalue weighted by atomic mass is 79.9. The Balaban J connectivity index is 2.36. The summed E-state index contributed by atoms with van der Waals surface area (Å²) in [6.07, 6.45) is 0.710. The number of fused-ring (bicyclic) bond motifs is 1. The van der Waals surface area contributed by atoms with Crippen LogP contribution >= 0.6 is 59.4 Å². The number of alkyl halides is 1. The summed E-state index contributed by atoms with van der Waals surface area (Å²) in [7, 11) is 0. The minimum Gasteiger partial charge on any atom is -0.294 e. The lowest BCUT2D eigenvalue weighted by Gasteiger charge is -2.13. The normalized spacial score (nSPS) is 11.2. The Morgan fingerprint density at radius 3 is 2.43 bits per heavy atom. The van der Waals surface area contributed by atoms with E-state index in [9.17, 15) is 0 Å². The highest BCUT2D eigenvalue weighted by molar-refractivity contribution is 9.11. The van der Waals surface area contributed by atoms with Gasteiger partial charge in [-0.1, -0.05) is 22.0 Å². The SMILES string of the molecule is ClCCc1nc2cc(Br)ccc2n1-c1c(Br)cccc1Br. The maximum atomic E-state index is 5.95. The molecule has 0 bridgehead atoms. The van der Waals surface area contributed by atoms with Crippen LogP contribution in [0.3, 0.4) is 0 Å². The van der Waals surface area contributed by atoms with Crippen LogP contribution in [0.1, 0.15) is 5.82 Å². The second-order valence-corrected chi connectivity index (χ2v) is 7.51. The molecule has 0 saturated carbocycles.